The van der Waals surface area contributed by atoms with Gasteiger partial charge in [0, 0.05) is 31.3 Å². The number of benzene rings is 1. The minimum atomic E-state index is 0.718. The molecular weight excluding hydrogens is 280 g/mol. The van der Waals surface area contributed by atoms with E-state index >= 15 is 0 Å². The number of methoxy groups -OCH3 is 2. The van der Waals surface area contributed by atoms with Gasteiger partial charge in [0.2, 0.25) is 0 Å². The minimum absolute atomic E-state index is 0.718. The van der Waals surface area contributed by atoms with Crippen molar-refractivity contribution in [1.82, 2.24) is 15.5 Å². The van der Waals surface area contributed by atoms with Crippen molar-refractivity contribution >= 4 is 5.82 Å². The van der Waals surface area contributed by atoms with Crippen molar-refractivity contribution in [3.63, 3.8) is 0 Å². The largest absolute Gasteiger partial charge is 0.493 e. The van der Waals surface area contributed by atoms with Crippen LogP contribution in [0.4, 0.5) is 5.82 Å². The van der Waals surface area contributed by atoms with E-state index in [1.165, 1.54) is 0 Å². The van der Waals surface area contributed by atoms with Crippen LogP contribution in [-0.4, -0.2) is 50.6 Å². The summed E-state index contributed by atoms with van der Waals surface area (Å²) in [6.45, 7) is 4.08. The Balaban J connectivity index is 1.83. The first-order valence-corrected chi connectivity index (χ1v) is 7.55. The van der Waals surface area contributed by atoms with Crippen molar-refractivity contribution in [3.8, 4) is 22.8 Å². The number of aromatic amines is 1. The maximum atomic E-state index is 5.36. The van der Waals surface area contributed by atoms with E-state index in [0.717, 1.165) is 61.2 Å². The van der Waals surface area contributed by atoms with Gasteiger partial charge in [-0.05, 0) is 31.2 Å². The molecule has 0 saturated carbocycles. The minimum Gasteiger partial charge on any atom is -0.493 e. The number of anilines is 1. The summed E-state index contributed by atoms with van der Waals surface area (Å²) in [6, 6.07) is 7.96. The SMILES string of the molecule is COc1ccc(-c2cc(N3CCCNCC3)n[nH]2)cc1OC. The normalized spacial score (nSPS) is 15.5. The lowest BCUT2D eigenvalue weighted by Crippen LogP contribution is -2.28. The molecule has 2 aromatic rings. The topological polar surface area (TPSA) is 62.4 Å². The van der Waals surface area contributed by atoms with Gasteiger partial charge in [0.05, 0.1) is 19.9 Å². The van der Waals surface area contributed by atoms with Gasteiger partial charge in [-0.25, -0.2) is 0 Å². The molecule has 1 aromatic heterocycles. The summed E-state index contributed by atoms with van der Waals surface area (Å²) in [5, 5.41) is 11.0. The average molecular weight is 302 g/mol. The third-order valence-corrected chi connectivity index (χ3v) is 3.92. The van der Waals surface area contributed by atoms with Crippen LogP contribution in [0.2, 0.25) is 0 Å². The van der Waals surface area contributed by atoms with Crippen LogP contribution in [0.15, 0.2) is 24.3 Å². The van der Waals surface area contributed by atoms with E-state index in [2.05, 4.69) is 26.5 Å². The number of H-pyrrole nitrogens is 1. The first-order valence-electron chi connectivity index (χ1n) is 7.55. The number of aromatic nitrogens is 2. The number of hydrogen-bond acceptors (Lipinski definition) is 5. The van der Waals surface area contributed by atoms with E-state index in [-0.39, 0.29) is 0 Å². The molecule has 6 heteroatoms. The summed E-state index contributed by atoms with van der Waals surface area (Å²) >= 11 is 0. The summed E-state index contributed by atoms with van der Waals surface area (Å²) in [4.78, 5) is 2.31. The van der Waals surface area contributed by atoms with Crippen LogP contribution in [0.3, 0.4) is 0 Å². The molecule has 118 valence electrons. The highest BCUT2D eigenvalue weighted by Gasteiger charge is 2.14. The molecule has 0 radical (unpaired) electrons. The maximum absolute atomic E-state index is 5.36. The van der Waals surface area contributed by atoms with Crippen molar-refractivity contribution in [1.29, 1.82) is 0 Å². The molecule has 1 fully saturated rings. The summed E-state index contributed by atoms with van der Waals surface area (Å²) in [6.07, 6.45) is 1.14. The number of ether oxygens (including phenoxy) is 2. The molecule has 2 N–H and O–H groups in total. The van der Waals surface area contributed by atoms with Crippen LogP contribution in [0, 0.1) is 0 Å². The molecule has 0 amide bonds. The molecule has 1 aliphatic rings. The van der Waals surface area contributed by atoms with Gasteiger partial charge in [0.1, 0.15) is 0 Å². The number of nitrogens with zero attached hydrogens (tertiary/aromatic N) is 2. The van der Waals surface area contributed by atoms with Gasteiger partial charge in [-0.1, -0.05) is 0 Å². The molecular formula is C16H22N4O2. The molecule has 1 aromatic carbocycles. The van der Waals surface area contributed by atoms with Gasteiger partial charge in [0.25, 0.3) is 0 Å². The standard InChI is InChI=1S/C16H22N4O2/c1-21-14-5-4-12(10-15(14)22-2)13-11-16(19-18-13)20-8-3-6-17-7-9-20/h4-5,10-11,17H,3,6-9H2,1-2H3,(H,18,19). The fourth-order valence-electron chi connectivity index (χ4n) is 2.70. The highest BCUT2D eigenvalue weighted by molar-refractivity contribution is 5.66. The van der Waals surface area contributed by atoms with Crippen molar-refractivity contribution in [2.75, 3.05) is 45.3 Å². The van der Waals surface area contributed by atoms with Crippen LogP contribution in [0.1, 0.15) is 6.42 Å². The predicted molar refractivity (Wildman–Crippen MR) is 86.8 cm³/mol. The van der Waals surface area contributed by atoms with Crippen LogP contribution < -0.4 is 19.7 Å². The molecule has 0 aliphatic carbocycles. The Morgan fingerprint density at radius 2 is 1.91 bits per heavy atom. The second-order valence-electron chi connectivity index (χ2n) is 5.30. The molecule has 22 heavy (non-hydrogen) atoms. The molecule has 2 heterocycles. The maximum Gasteiger partial charge on any atom is 0.161 e. The van der Waals surface area contributed by atoms with E-state index < -0.39 is 0 Å². The molecule has 0 atom stereocenters. The fraction of sp³-hybridized carbons (Fsp3) is 0.438. The smallest absolute Gasteiger partial charge is 0.161 e. The second kappa shape index (κ2) is 6.70. The Morgan fingerprint density at radius 3 is 2.73 bits per heavy atom. The van der Waals surface area contributed by atoms with Gasteiger partial charge in [-0.15, -0.1) is 0 Å². The lowest BCUT2D eigenvalue weighted by Gasteiger charge is -2.18. The first kappa shape index (κ1) is 14.7. The molecule has 0 spiro atoms. The van der Waals surface area contributed by atoms with E-state index in [1.54, 1.807) is 14.2 Å². The van der Waals surface area contributed by atoms with Crippen LogP contribution in [0.5, 0.6) is 11.5 Å². The lowest BCUT2D eigenvalue weighted by molar-refractivity contribution is 0.355. The lowest BCUT2D eigenvalue weighted by atomic mass is 10.1. The Labute approximate surface area is 130 Å². The van der Waals surface area contributed by atoms with Gasteiger partial charge < -0.3 is 19.7 Å². The molecule has 1 aliphatic heterocycles. The van der Waals surface area contributed by atoms with Gasteiger partial charge in [0.15, 0.2) is 17.3 Å². The monoisotopic (exact) mass is 302 g/mol. The number of rotatable bonds is 4. The van der Waals surface area contributed by atoms with Gasteiger partial charge in [-0.2, -0.15) is 5.10 Å². The fourth-order valence-corrected chi connectivity index (χ4v) is 2.70. The summed E-state index contributed by atoms with van der Waals surface area (Å²) in [7, 11) is 3.28. The van der Waals surface area contributed by atoms with Crippen molar-refractivity contribution in [2.45, 2.75) is 6.42 Å². The first-order chi connectivity index (χ1) is 10.8. The summed E-state index contributed by atoms with van der Waals surface area (Å²) in [5.74, 6) is 2.44. The second-order valence-corrected chi connectivity index (χ2v) is 5.30. The average Bonchev–Trinajstić information content (AvgIpc) is 2.90. The summed E-state index contributed by atoms with van der Waals surface area (Å²) < 4.78 is 10.6. The van der Waals surface area contributed by atoms with E-state index in [0.29, 0.717) is 0 Å². The van der Waals surface area contributed by atoms with Crippen LogP contribution in [0.25, 0.3) is 11.3 Å². The zero-order chi connectivity index (χ0) is 15.4. The number of nitrogens with one attached hydrogen (secondary N) is 2. The van der Waals surface area contributed by atoms with E-state index in [4.69, 9.17) is 9.47 Å². The Kier molecular flexibility index (Phi) is 4.48. The Morgan fingerprint density at radius 1 is 1.05 bits per heavy atom. The van der Waals surface area contributed by atoms with Crippen molar-refractivity contribution in [3.05, 3.63) is 24.3 Å². The van der Waals surface area contributed by atoms with Crippen molar-refractivity contribution < 1.29 is 9.47 Å². The molecule has 0 bridgehead atoms. The van der Waals surface area contributed by atoms with Crippen LogP contribution >= 0.6 is 0 Å². The van der Waals surface area contributed by atoms with E-state index in [1.807, 2.05) is 18.2 Å². The Bertz CT molecular complexity index is 618. The van der Waals surface area contributed by atoms with Gasteiger partial charge >= 0.3 is 0 Å². The highest BCUT2D eigenvalue weighted by atomic mass is 16.5. The highest BCUT2D eigenvalue weighted by Crippen LogP contribution is 2.32. The third kappa shape index (κ3) is 3.01. The molecule has 6 nitrogen and oxygen atoms in total. The zero-order valence-electron chi connectivity index (χ0n) is 13.1. The van der Waals surface area contributed by atoms with Crippen LogP contribution in [-0.2, 0) is 0 Å². The quantitative estimate of drug-likeness (QED) is 0.903. The zero-order valence-corrected chi connectivity index (χ0v) is 13.1. The molecule has 3 rings (SSSR count). The third-order valence-electron chi connectivity index (χ3n) is 3.92. The number of hydrogen-bond donors (Lipinski definition) is 2. The molecule has 0 unspecified atom stereocenters. The Hall–Kier alpha value is -2.21. The molecule has 1 saturated heterocycles. The van der Waals surface area contributed by atoms with Crippen molar-refractivity contribution in [2.24, 2.45) is 0 Å². The van der Waals surface area contributed by atoms with E-state index in [9.17, 15) is 0 Å². The predicted octanol–water partition coefficient (Wildman–Crippen LogP) is 1.89. The van der Waals surface area contributed by atoms with Gasteiger partial charge in [-0.3, -0.25) is 5.10 Å². The summed E-state index contributed by atoms with van der Waals surface area (Å²) in [5.41, 5.74) is 2.01.